The van der Waals surface area contributed by atoms with Crippen LogP contribution in [-0.2, 0) is 0 Å². The highest BCUT2D eigenvalue weighted by molar-refractivity contribution is 5.99. The standard InChI is InChI=1S/C13H10FN5O/c1-6(20)8-3-2-7(4-9(8)14)11-10-12(15)16-5-17-13(10)19-18-11/h2-5H,1H3,(H3,15,16,17,18,19). The number of nitrogens with zero attached hydrogens (tertiary/aromatic N) is 3. The predicted octanol–water partition coefficient (Wildman–Crippen LogP) is 1.94. The molecule has 0 amide bonds. The second-order valence-electron chi connectivity index (χ2n) is 4.31. The molecule has 3 N–H and O–H groups in total. The van der Waals surface area contributed by atoms with Crippen molar-refractivity contribution in [2.45, 2.75) is 6.92 Å². The molecule has 7 heteroatoms. The zero-order valence-electron chi connectivity index (χ0n) is 10.5. The average Bonchev–Trinajstić information content (AvgIpc) is 2.83. The predicted molar refractivity (Wildman–Crippen MR) is 71.5 cm³/mol. The van der Waals surface area contributed by atoms with Gasteiger partial charge in [-0.3, -0.25) is 9.89 Å². The molecule has 3 rings (SSSR count). The molecule has 0 spiro atoms. The highest BCUT2D eigenvalue weighted by Gasteiger charge is 2.15. The van der Waals surface area contributed by atoms with Gasteiger partial charge in [0.05, 0.1) is 16.6 Å². The minimum absolute atomic E-state index is 0.0433. The second kappa shape index (κ2) is 4.37. The van der Waals surface area contributed by atoms with Crippen molar-refractivity contribution in [2.24, 2.45) is 0 Å². The first-order valence-corrected chi connectivity index (χ1v) is 5.83. The number of aromatic nitrogens is 4. The molecule has 1 aromatic carbocycles. The molecule has 0 aliphatic heterocycles. The number of nitrogens with one attached hydrogen (secondary N) is 1. The van der Waals surface area contributed by atoms with Crippen LogP contribution in [0.25, 0.3) is 22.3 Å². The van der Waals surface area contributed by atoms with Gasteiger partial charge in [0.15, 0.2) is 11.4 Å². The van der Waals surface area contributed by atoms with Gasteiger partial charge in [0.1, 0.15) is 18.0 Å². The van der Waals surface area contributed by atoms with Crippen molar-refractivity contribution >= 4 is 22.6 Å². The number of ketones is 1. The molecule has 0 unspecified atom stereocenters. The van der Waals surface area contributed by atoms with E-state index in [1.165, 1.54) is 25.4 Å². The van der Waals surface area contributed by atoms with Gasteiger partial charge < -0.3 is 5.73 Å². The van der Waals surface area contributed by atoms with E-state index in [-0.39, 0.29) is 17.2 Å². The first-order valence-electron chi connectivity index (χ1n) is 5.83. The highest BCUT2D eigenvalue weighted by atomic mass is 19.1. The van der Waals surface area contributed by atoms with Crippen LogP contribution in [0.5, 0.6) is 0 Å². The van der Waals surface area contributed by atoms with Crippen LogP contribution in [0.2, 0.25) is 0 Å². The molecule has 0 aliphatic carbocycles. The number of carbonyl (C=O) groups is 1. The number of anilines is 1. The first kappa shape index (κ1) is 12.2. The summed E-state index contributed by atoms with van der Waals surface area (Å²) in [6, 6.07) is 4.31. The third-order valence-electron chi connectivity index (χ3n) is 3.02. The number of carbonyl (C=O) groups excluding carboxylic acids is 1. The van der Waals surface area contributed by atoms with Crippen molar-refractivity contribution in [3.8, 4) is 11.3 Å². The number of hydrogen-bond donors (Lipinski definition) is 2. The summed E-state index contributed by atoms with van der Waals surface area (Å²) < 4.78 is 13.9. The Balaban J connectivity index is 2.21. The zero-order chi connectivity index (χ0) is 14.3. The van der Waals surface area contributed by atoms with Crippen LogP contribution in [0, 0.1) is 5.82 Å². The summed E-state index contributed by atoms with van der Waals surface area (Å²) in [5.41, 5.74) is 7.29. The van der Waals surface area contributed by atoms with E-state index in [1.54, 1.807) is 6.07 Å². The van der Waals surface area contributed by atoms with E-state index in [0.29, 0.717) is 22.3 Å². The lowest BCUT2D eigenvalue weighted by Gasteiger charge is -2.03. The van der Waals surface area contributed by atoms with Gasteiger partial charge in [0, 0.05) is 5.56 Å². The molecule has 6 nitrogen and oxygen atoms in total. The van der Waals surface area contributed by atoms with Gasteiger partial charge in [-0.1, -0.05) is 6.07 Å². The fourth-order valence-corrected chi connectivity index (χ4v) is 2.04. The maximum absolute atomic E-state index is 13.9. The minimum atomic E-state index is -0.590. The van der Waals surface area contributed by atoms with Crippen molar-refractivity contribution in [2.75, 3.05) is 5.73 Å². The number of rotatable bonds is 2. The summed E-state index contributed by atoms with van der Waals surface area (Å²) in [6.07, 6.45) is 1.31. The fourth-order valence-electron chi connectivity index (χ4n) is 2.04. The number of benzene rings is 1. The quantitative estimate of drug-likeness (QED) is 0.694. The van der Waals surface area contributed by atoms with Crippen molar-refractivity contribution in [1.82, 2.24) is 20.2 Å². The van der Waals surface area contributed by atoms with Crippen LogP contribution in [0.4, 0.5) is 10.2 Å². The van der Waals surface area contributed by atoms with Crippen molar-refractivity contribution in [3.05, 3.63) is 35.9 Å². The van der Waals surface area contributed by atoms with Crippen LogP contribution in [0.1, 0.15) is 17.3 Å². The third kappa shape index (κ3) is 1.80. The Kier molecular flexibility index (Phi) is 2.67. The number of halogens is 1. The van der Waals surface area contributed by atoms with Gasteiger partial charge in [-0.15, -0.1) is 0 Å². The number of Topliss-reactive ketones (excluding diaryl/α,β-unsaturated/α-hetero) is 1. The summed E-state index contributed by atoms with van der Waals surface area (Å²) >= 11 is 0. The Morgan fingerprint density at radius 2 is 2.15 bits per heavy atom. The molecule has 0 saturated heterocycles. The zero-order valence-corrected chi connectivity index (χ0v) is 10.5. The Hall–Kier alpha value is -2.83. The first-order chi connectivity index (χ1) is 9.58. The third-order valence-corrected chi connectivity index (χ3v) is 3.02. The average molecular weight is 271 g/mol. The lowest BCUT2D eigenvalue weighted by Crippen LogP contribution is -1.97. The van der Waals surface area contributed by atoms with E-state index < -0.39 is 5.82 Å². The summed E-state index contributed by atoms with van der Waals surface area (Å²) in [5, 5.41) is 7.29. The van der Waals surface area contributed by atoms with Gasteiger partial charge in [-0.25, -0.2) is 14.4 Å². The largest absolute Gasteiger partial charge is 0.383 e. The molecule has 100 valence electrons. The van der Waals surface area contributed by atoms with E-state index in [4.69, 9.17) is 5.73 Å². The molecule has 0 fully saturated rings. The molecule has 0 bridgehead atoms. The summed E-state index contributed by atoms with van der Waals surface area (Å²) in [7, 11) is 0. The molecule has 0 atom stereocenters. The molecule has 0 saturated carbocycles. The van der Waals surface area contributed by atoms with Crippen LogP contribution in [0.3, 0.4) is 0 Å². The Morgan fingerprint density at radius 1 is 1.35 bits per heavy atom. The molecule has 2 heterocycles. The minimum Gasteiger partial charge on any atom is -0.383 e. The summed E-state index contributed by atoms with van der Waals surface area (Å²) in [5.74, 6) is -0.658. The molecule has 20 heavy (non-hydrogen) atoms. The molecule has 3 aromatic rings. The number of hydrogen-bond acceptors (Lipinski definition) is 5. The molecule has 2 aromatic heterocycles. The van der Waals surface area contributed by atoms with E-state index in [0.717, 1.165) is 0 Å². The van der Waals surface area contributed by atoms with Crippen molar-refractivity contribution in [1.29, 1.82) is 0 Å². The smallest absolute Gasteiger partial charge is 0.186 e. The Labute approximate surface area is 112 Å². The summed E-state index contributed by atoms with van der Waals surface area (Å²) in [4.78, 5) is 19.1. The lowest BCUT2D eigenvalue weighted by molar-refractivity contribution is 0.101. The topological polar surface area (TPSA) is 97.5 Å². The van der Waals surface area contributed by atoms with Gasteiger partial charge in [0.2, 0.25) is 0 Å². The molecule has 0 aliphatic rings. The Bertz CT molecular complexity index is 827. The lowest BCUT2D eigenvalue weighted by atomic mass is 10.0. The normalized spacial score (nSPS) is 10.9. The number of nitrogens with two attached hydrogens (primary N) is 1. The second-order valence-corrected chi connectivity index (χ2v) is 4.31. The van der Waals surface area contributed by atoms with Crippen LogP contribution in [0.15, 0.2) is 24.5 Å². The fraction of sp³-hybridized carbons (Fsp3) is 0.0769. The van der Waals surface area contributed by atoms with E-state index in [2.05, 4.69) is 20.2 Å². The molecular formula is C13H10FN5O. The maximum Gasteiger partial charge on any atom is 0.186 e. The van der Waals surface area contributed by atoms with Gasteiger partial charge in [-0.2, -0.15) is 5.10 Å². The molecule has 0 radical (unpaired) electrons. The number of aromatic amines is 1. The summed E-state index contributed by atoms with van der Waals surface area (Å²) in [6.45, 7) is 1.31. The number of nitrogen functional groups attached to an aromatic ring is 1. The van der Waals surface area contributed by atoms with Gasteiger partial charge in [-0.05, 0) is 19.1 Å². The van der Waals surface area contributed by atoms with Crippen molar-refractivity contribution < 1.29 is 9.18 Å². The molecular weight excluding hydrogens is 261 g/mol. The van der Waals surface area contributed by atoms with Gasteiger partial charge in [0.25, 0.3) is 0 Å². The highest BCUT2D eigenvalue weighted by Crippen LogP contribution is 2.29. The van der Waals surface area contributed by atoms with Gasteiger partial charge >= 0.3 is 0 Å². The monoisotopic (exact) mass is 271 g/mol. The maximum atomic E-state index is 13.9. The van der Waals surface area contributed by atoms with Crippen molar-refractivity contribution in [3.63, 3.8) is 0 Å². The number of fused-ring (bicyclic) bond motifs is 1. The van der Waals surface area contributed by atoms with E-state index in [1.807, 2.05) is 0 Å². The number of H-pyrrole nitrogens is 1. The van der Waals surface area contributed by atoms with Crippen LogP contribution >= 0.6 is 0 Å². The Morgan fingerprint density at radius 3 is 2.85 bits per heavy atom. The van der Waals surface area contributed by atoms with Crippen LogP contribution < -0.4 is 5.73 Å². The van der Waals surface area contributed by atoms with E-state index >= 15 is 0 Å². The van der Waals surface area contributed by atoms with E-state index in [9.17, 15) is 9.18 Å². The van der Waals surface area contributed by atoms with Crippen LogP contribution in [-0.4, -0.2) is 25.9 Å². The SMILES string of the molecule is CC(=O)c1ccc(-c2[nH]nc3ncnc(N)c23)cc1F.